The van der Waals surface area contributed by atoms with Crippen molar-refractivity contribution in [1.82, 2.24) is 9.97 Å². The van der Waals surface area contributed by atoms with E-state index in [4.69, 9.17) is 23.2 Å². The molecule has 7 nitrogen and oxygen atoms in total. The van der Waals surface area contributed by atoms with Crippen LogP contribution in [-0.2, 0) is 10.0 Å². The molecule has 3 aromatic rings. The van der Waals surface area contributed by atoms with Gasteiger partial charge in [0.15, 0.2) is 0 Å². The number of benzene rings is 2. The highest BCUT2D eigenvalue weighted by molar-refractivity contribution is 7.92. The van der Waals surface area contributed by atoms with E-state index in [0.717, 1.165) is 43.3 Å². The summed E-state index contributed by atoms with van der Waals surface area (Å²) in [5.74, 6) is 1.42. The summed E-state index contributed by atoms with van der Waals surface area (Å²) < 4.78 is 27.7. The summed E-state index contributed by atoms with van der Waals surface area (Å²) in [6, 6.07) is 12.9. The van der Waals surface area contributed by atoms with Crippen molar-refractivity contribution in [2.75, 3.05) is 28.0 Å². The summed E-state index contributed by atoms with van der Waals surface area (Å²) >= 11 is 11.8. The van der Waals surface area contributed by atoms with Gasteiger partial charge in [-0.05, 0) is 62.2 Å². The van der Waals surface area contributed by atoms with E-state index in [2.05, 4.69) is 24.9 Å². The molecule has 0 amide bonds. The van der Waals surface area contributed by atoms with Crippen LogP contribution in [0, 0.1) is 6.92 Å². The van der Waals surface area contributed by atoms with Gasteiger partial charge in [0.1, 0.15) is 5.82 Å². The van der Waals surface area contributed by atoms with Crippen LogP contribution in [0.2, 0.25) is 10.0 Å². The molecule has 1 aliphatic rings. The van der Waals surface area contributed by atoms with Crippen LogP contribution in [0.4, 0.5) is 23.1 Å². The van der Waals surface area contributed by atoms with E-state index in [1.165, 1.54) is 18.2 Å². The van der Waals surface area contributed by atoms with Crippen molar-refractivity contribution in [2.45, 2.75) is 24.7 Å². The molecule has 0 spiro atoms. The van der Waals surface area contributed by atoms with E-state index in [1.807, 2.05) is 13.0 Å². The van der Waals surface area contributed by atoms with Gasteiger partial charge >= 0.3 is 0 Å². The zero-order valence-electron chi connectivity index (χ0n) is 16.8. The summed E-state index contributed by atoms with van der Waals surface area (Å²) in [5.41, 5.74) is 2.08. The Balaban J connectivity index is 1.48. The fraction of sp³-hybridized carbons (Fsp3) is 0.238. The predicted molar refractivity (Wildman–Crippen MR) is 125 cm³/mol. The molecule has 0 aliphatic carbocycles. The minimum Gasteiger partial charge on any atom is -0.341 e. The minimum atomic E-state index is -3.78. The third-order valence-electron chi connectivity index (χ3n) is 4.84. The molecule has 10 heteroatoms. The molecule has 1 fully saturated rings. The minimum absolute atomic E-state index is 0.0370. The molecule has 162 valence electrons. The van der Waals surface area contributed by atoms with E-state index in [1.54, 1.807) is 24.3 Å². The van der Waals surface area contributed by atoms with Crippen molar-refractivity contribution in [3.63, 3.8) is 0 Å². The first-order valence-corrected chi connectivity index (χ1v) is 12.0. The topological polar surface area (TPSA) is 87.2 Å². The van der Waals surface area contributed by atoms with Gasteiger partial charge in [-0.3, -0.25) is 4.72 Å². The maximum atomic E-state index is 12.6. The summed E-state index contributed by atoms with van der Waals surface area (Å²) in [6.45, 7) is 3.88. The number of aryl methyl sites for hydroxylation is 1. The van der Waals surface area contributed by atoms with E-state index in [-0.39, 0.29) is 9.92 Å². The first kappa shape index (κ1) is 21.7. The number of hydrogen-bond acceptors (Lipinski definition) is 6. The van der Waals surface area contributed by atoms with Crippen LogP contribution < -0.4 is 14.9 Å². The highest BCUT2D eigenvalue weighted by Crippen LogP contribution is 2.27. The second-order valence-corrected chi connectivity index (χ2v) is 9.77. The molecule has 1 aliphatic heterocycles. The first-order valence-electron chi connectivity index (χ1n) is 9.76. The van der Waals surface area contributed by atoms with E-state index in [0.29, 0.717) is 16.5 Å². The zero-order valence-corrected chi connectivity index (χ0v) is 19.1. The van der Waals surface area contributed by atoms with Crippen LogP contribution in [-0.4, -0.2) is 31.5 Å². The first-order chi connectivity index (χ1) is 14.8. The Morgan fingerprint density at radius 2 is 1.58 bits per heavy atom. The average Bonchev–Trinajstić information content (AvgIpc) is 3.26. The van der Waals surface area contributed by atoms with Gasteiger partial charge in [0, 0.05) is 36.2 Å². The number of rotatable bonds is 6. The Morgan fingerprint density at radius 3 is 2.26 bits per heavy atom. The highest BCUT2D eigenvalue weighted by atomic mass is 35.5. The zero-order chi connectivity index (χ0) is 22.0. The van der Waals surface area contributed by atoms with Gasteiger partial charge in [-0.25, -0.2) is 13.4 Å². The Bertz CT molecular complexity index is 1200. The Labute approximate surface area is 191 Å². The lowest BCUT2D eigenvalue weighted by Gasteiger charge is -2.17. The molecule has 0 bridgehead atoms. The molecule has 0 saturated carbocycles. The van der Waals surface area contributed by atoms with Crippen LogP contribution in [0.3, 0.4) is 0 Å². The van der Waals surface area contributed by atoms with Gasteiger partial charge < -0.3 is 10.2 Å². The van der Waals surface area contributed by atoms with Gasteiger partial charge in [-0.1, -0.05) is 23.2 Å². The highest BCUT2D eigenvalue weighted by Gasteiger charge is 2.17. The molecule has 0 atom stereocenters. The van der Waals surface area contributed by atoms with E-state index in [9.17, 15) is 8.42 Å². The van der Waals surface area contributed by atoms with Crippen LogP contribution in [0.15, 0.2) is 53.4 Å². The summed E-state index contributed by atoms with van der Waals surface area (Å²) in [6.07, 6.45) is 2.30. The Kier molecular flexibility index (Phi) is 6.22. The number of sulfonamides is 1. The van der Waals surface area contributed by atoms with Gasteiger partial charge in [-0.15, -0.1) is 0 Å². The summed E-state index contributed by atoms with van der Waals surface area (Å²) in [4.78, 5) is 11.4. The third kappa shape index (κ3) is 5.20. The van der Waals surface area contributed by atoms with Crippen molar-refractivity contribution in [1.29, 1.82) is 0 Å². The number of halogens is 2. The van der Waals surface area contributed by atoms with Crippen molar-refractivity contribution < 1.29 is 8.42 Å². The fourth-order valence-corrected chi connectivity index (χ4v) is 4.75. The molecular weight excluding hydrogens is 457 g/mol. The lowest BCUT2D eigenvalue weighted by molar-refractivity contribution is 0.601. The second kappa shape index (κ2) is 8.90. The number of hydrogen-bond donors (Lipinski definition) is 2. The summed E-state index contributed by atoms with van der Waals surface area (Å²) in [5, 5.41) is 3.73. The SMILES string of the molecule is Cc1cc(Nc2ccc(NS(=O)(=O)c3ccc(Cl)c(Cl)c3)cc2)nc(N2CCCC2)n1. The molecule has 1 saturated heterocycles. The quantitative estimate of drug-likeness (QED) is 0.504. The number of nitrogens with one attached hydrogen (secondary N) is 2. The molecule has 2 aromatic carbocycles. The average molecular weight is 478 g/mol. The maximum absolute atomic E-state index is 12.6. The molecule has 1 aromatic heterocycles. The van der Waals surface area contributed by atoms with Crippen LogP contribution in [0.5, 0.6) is 0 Å². The van der Waals surface area contributed by atoms with Gasteiger partial charge in [0.25, 0.3) is 10.0 Å². The van der Waals surface area contributed by atoms with Crippen LogP contribution in [0.25, 0.3) is 0 Å². The molecule has 0 radical (unpaired) electrons. The van der Waals surface area contributed by atoms with Crippen molar-refractivity contribution in [3.05, 3.63) is 64.3 Å². The number of nitrogens with zero attached hydrogens (tertiary/aromatic N) is 3. The molecular formula is C21H21Cl2N5O2S. The van der Waals surface area contributed by atoms with Crippen molar-refractivity contribution in [3.8, 4) is 0 Å². The molecule has 2 N–H and O–H groups in total. The van der Waals surface area contributed by atoms with Crippen molar-refractivity contribution >= 4 is 56.4 Å². The normalized spacial score (nSPS) is 14.0. The smallest absolute Gasteiger partial charge is 0.261 e. The number of aromatic nitrogens is 2. The van der Waals surface area contributed by atoms with Crippen LogP contribution >= 0.6 is 23.2 Å². The van der Waals surface area contributed by atoms with Crippen LogP contribution in [0.1, 0.15) is 18.5 Å². The Hall–Kier alpha value is -2.55. The number of anilines is 4. The standard InChI is InChI=1S/C21H21Cl2N5O2S/c1-14-12-20(26-21(24-14)28-10-2-3-11-28)25-15-4-6-16(7-5-15)27-31(29,30)17-8-9-18(22)19(23)13-17/h4-9,12-13,27H,2-3,10-11H2,1H3,(H,24,25,26). The van der Waals surface area contributed by atoms with E-state index < -0.39 is 10.0 Å². The maximum Gasteiger partial charge on any atom is 0.261 e. The van der Waals surface area contributed by atoms with Gasteiger partial charge in [-0.2, -0.15) is 4.98 Å². The fourth-order valence-electron chi connectivity index (χ4n) is 3.30. The molecule has 4 rings (SSSR count). The predicted octanol–water partition coefficient (Wildman–Crippen LogP) is 5.24. The van der Waals surface area contributed by atoms with Gasteiger partial charge in [0.05, 0.1) is 14.9 Å². The lowest BCUT2D eigenvalue weighted by atomic mass is 10.3. The van der Waals surface area contributed by atoms with Crippen molar-refractivity contribution in [2.24, 2.45) is 0 Å². The molecule has 31 heavy (non-hydrogen) atoms. The largest absolute Gasteiger partial charge is 0.341 e. The Morgan fingerprint density at radius 1 is 0.903 bits per heavy atom. The molecule has 0 unspecified atom stereocenters. The second-order valence-electron chi connectivity index (χ2n) is 7.27. The van der Waals surface area contributed by atoms with E-state index >= 15 is 0 Å². The summed E-state index contributed by atoms with van der Waals surface area (Å²) in [7, 11) is -3.78. The third-order valence-corrected chi connectivity index (χ3v) is 6.96. The molecule has 2 heterocycles. The monoisotopic (exact) mass is 477 g/mol. The van der Waals surface area contributed by atoms with Gasteiger partial charge in [0.2, 0.25) is 5.95 Å². The lowest BCUT2D eigenvalue weighted by Crippen LogP contribution is -2.21.